The van der Waals surface area contributed by atoms with E-state index in [4.69, 9.17) is 4.74 Å². The van der Waals surface area contributed by atoms with Gasteiger partial charge >= 0.3 is 0 Å². The van der Waals surface area contributed by atoms with Gasteiger partial charge in [-0.3, -0.25) is 4.90 Å². The fraction of sp³-hybridized carbons (Fsp3) is 1.00. The van der Waals surface area contributed by atoms with Crippen molar-refractivity contribution in [1.29, 1.82) is 0 Å². The largest absolute Gasteiger partial charge is 0.378 e. The van der Waals surface area contributed by atoms with Crippen LogP contribution in [0.5, 0.6) is 0 Å². The average molecular weight is 213 g/mol. The number of hydrogen-bond acceptors (Lipinski definition) is 4. The molecule has 2 unspecified atom stereocenters. The van der Waals surface area contributed by atoms with E-state index < -0.39 is 0 Å². The molecular formula is C11H23N3O. The van der Waals surface area contributed by atoms with Crippen LogP contribution in [0.3, 0.4) is 0 Å². The fourth-order valence-corrected chi connectivity index (χ4v) is 2.72. The molecule has 0 bridgehead atoms. The first-order valence-electron chi connectivity index (χ1n) is 5.97. The molecule has 88 valence electrons. The van der Waals surface area contributed by atoms with Crippen LogP contribution >= 0.6 is 0 Å². The summed E-state index contributed by atoms with van der Waals surface area (Å²) < 4.78 is 5.62. The van der Waals surface area contributed by atoms with Crippen molar-refractivity contribution in [2.75, 3.05) is 53.4 Å². The van der Waals surface area contributed by atoms with Crippen LogP contribution in [0.25, 0.3) is 0 Å². The van der Waals surface area contributed by atoms with Gasteiger partial charge in [0.05, 0.1) is 6.10 Å². The Morgan fingerprint density at radius 1 is 1.20 bits per heavy atom. The van der Waals surface area contributed by atoms with E-state index in [9.17, 15) is 0 Å². The number of nitrogens with zero attached hydrogens (tertiary/aromatic N) is 2. The number of nitrogens with one attached hydrogen (secondary N) is 1. The molecular weight excluding hydrogens is 190 g/mol. The number of likely N-dealkylation sites (N-methyl/N-ethyl adjacent to an activating group) is 1. The molecule has 0 spiro atoms. The molecule has 2 saturated heterocycles. The zero-order valence-electron chi connectivity index (χ0n) is 9.91. The molecule has 15 heavy (non-hydrogen) atoms. The summed E-state index contributed by atoms with van der Waals surface area (Å²) in [4.78, 5) is 4.96. The lowest BCUT2D eigenvalue weighted by atomic mass is 9.99. The first-order valence-corrected chi connectivity index (χ1v) is 5.97. The van der Waals surface area contributed by atoms with Gasteiger partial charge in [0.25, 0.3) is 0 Å². The van der Waals surface area contributed by atoms with Gasteiger partial charge in [-0.15, -0.1) is 0 Å². The van der Waals surface area contributed by atoms with Crippen molar-refractivity contribution in [3.63, 3.8) is 0 Å². The van der Waals surface area contributed by atoms with Crippen molar-refractivity contribution in [3.8, 4) is 0 Å². The Morgan fingerprint density at radius 2 is 1.93 bits per heavy atom. The van der Waals surface area contributed by atoms with E-state index in [0.29, 0.717) is 12.1 Å². The summed E-state index contributed by atoms with van der Waals surface area (Å²) in [6.07, 6.45) is 1.64. The summed E-state index contributed by atoms with van der Waals surface area (Å²) in [5.74, 6) is 0. The Morgan fingerprint density at radius 3 is 2.60 bits per heavy atom. The maximum atomic E-state index is 5.62. The smallest absolute Gasteiger partial charge is 0.0853 e. The Balaban J connectivity index is 1.93. The molecule has 1 N–H and O–H groups in total. The van der Waals surface area contributed by atoms with Gasteiger partial charge in [0, 0.05) is 45.9 Å². The van der Waals surface area contributed by atoms with Crippen LogP contribution in [0, 0.1) is 0 Å². The monoisotopic (exact) mass is 213 g/mol. The summed E-state index contributed by atoms with van der Waals surface area (Å²) >= 11 is 0. The van der Waals surface area contributed by atoms with Crippen LogP contribution in [-0.2, 0) is 4.74 Å². The molecule has 0 aromatic carbocycles. The number of piperazine rings is 1. The molecule has 0 aromatic heterocycles. The van der Waals surface area contributed by atoms with Gasteiger partial charge in [-0.1, -0.05) is 0 Å². The topological polar surface area (TPSA) is 27.7 Å². The number of hydrogen-bond donors (Lipinski definition) is 1. The molecule has 0 amide bonds. The maximum Gasteiger partial charge on any atom is 0.0853 e. The van der Waals surface area contributed by atoms with Gasteiger partial charge < -0.3 is 15.0 Å². The number of methoxy groups -OCH3 is 1. The summed E-state index contributed by atoms with van der Waals surface area (Å²) in [6, 6.07) is 0.633. The van der Waals surface area contributed by atoms with Crippen LogP contribution in [0.4, 0.5) is 0 Å². The lowest BCUT2D eigenvalue weighted by molar-refractivity contribution is -0.0350. The third-order valence-electron chi connectivity index (χ3n) is 3.65. The standard InChI is InChI=1S/C11H23N3O/c1-13-6-3-10(11(9-13)15-2)14-7-4-12-5-8-14/h10-12H,3-9H2,1-2H3. The van der Waals surface area contributed by atoms with E-state index in [1.54, 1.807) is 0 Å². The molecule has 2 aliphatic rings. The number of rotatable bonds is 2. The summed E-state index contributed by atoms with van der Waals surface area (Å²) in [5, 5.41) is 3.40. The predicted octanol–water partition coefficient (Wildman–Crippen LogP) is -0.389. The molecule has 2 fully saturated rings. The van der Waals surface area contributed by atoms with Crippen molar-refractivity contribution in [2.45, 2.75) is 18.6 Å². The number of piperidine rings is 1. The Hall–Kier alpha value is -0.160. The average Bonchev–Trinajstić information content (AvgIpc) is 2.30. The van der Waals surface area contributed by atoms with E-state index in [-0.39, 0.29) is 0 Å². The lowest BCUT2D eigenvalue weighted by Gasteiger charge is -2.43. The van der Waals surface area contributed by atoms with Crippen LogP contribution in [0.1, 0.15) is 6.42 Å². The highest BCUT2D eigenvalue weighted by Gasteiger charge is 2.32. The van der Waals surface area contributed by atoms with Gasteiger partial charge in [-0.2, -0.15) is 0 Å². The number of ether oxygens (including phenoxy) is 1. The van der Waals surface area contributed by atoms with Gasteiger partial charge in [-0.05, 0) is 20.0 Å². The maximum absolute atomic E-state index is 5.62. The SMILES string of the molecule is COC1CN(C)CCC1N1CCNCC1. The second-order valence-corrected chi connectivity index (χ2v) is 4.68. The lowest BCUT2D eigenvalue weighted by Crippen LogP contribution is -2.58. The van der Waals surface area contributed by atoms with Crippen LogP contribution < -0.4 is 5.32 Å². The first kappa shape index (κ1) is 11.3. The molecule has 0 radical (unpaired) electrons. The van der Waals surface area contributed by atoms with E-state index in [1.165, 1.54) is 26.1 Å². The van der Waals surface area contributed by atoms with E-state index >= 15 is 0 Å². The van der Waals surface area contributed by atoms with Crippen LogP contribution in [0.15, 0.2) is 0 Å². The van der Waals surface area contributed by atoms with Crippen molar-refractivity contribution in [2.24, 2.45) is 0 Å². The van der Waals surface area contributed by atoms with Crippen molar-refractivity contribution in [1.82, 2.24) is 15.1 Å². The summed E-state index contributed by atoms with van der Waals surface area (Å²) in [6.45, 7) is 6.88. The van der Waals surface area contributed by atoms with E-state index in [0.717, 1.165) is 19.6 Å². The zero-order valence-corrected chi connectivity index (χ0v) is 9.91. The molecule has 2 rings (SSSR count). The van der Waals surface area contributed by atoms with Crippen molar-refractivity contribution < 1.29 is 4.74 Å². The third-order valence-corrected chi connectivity index (χ3v) is 3.65. The number of likely N-dealkylation sites (tertiary alicyclic amines) is 1. The molecule has 0 saturated carbocycles. The van der Waals surface area contributed by atoms with Gasteiger partial charge in [0.1, 0.15) is 0 Å². The van der Waals surface area contributed by atoms with Gasteiger partial charge in [0.2, 0.25) is 0 Å². The molecule has 0 aliphatic carbocycles. The van der Waals surface area contributed by atoms with Gasteiger partial charge in [-0.25, -0.2) is 0 Å². The second-order valence-electron chi connectivity index (χ2n) is 4.68. The molecule has 2 atom stereocenters. The zero-order chi connectivity index (χ0) is 10.7. The highest BCUT2D eigenvalue weighted by atomic mass is 16.5. The summed E-state index contributed by atoms with van der Waals surface area (Å²) in [5.41, 5.74) is 0. The predicted molar refractivity (Wildman–Crippen MR) is 61.1 cm³/mol. The third kappa shape index (κ3) is 2.69. The van der Waals surface area contributed by atoms with E-state index in [2.05, 4.69) is 22.2 Å². The van der Waals surface area contributed by atoms with Gasteiger partial charge in [0.15, 0.2) is 0 Å². The van der Waals surface area contributed by atoms with E-state index in [1.807, 2.05) is 7.11 Å². The van der Waals surface area contributed by atoms with Crippen LogP contribution in [0.2, 0.25) is 0 Å². The summed E-state index contributed by atoms with van der Waals surface area (Å²) in [7, 11) is 4.03. The molecule has 4 nitrogen and oxygen atoms in total. The second kappa shape index (κ2) is 5.25. The molecule has 0 aromatic rings. The molecule has 2 aliphatic heterocycles. The van der Waals surface area contributed by atoms with Crippen molar-refractivity contribution >= 4 is 0 Å². The van der Waals surface area contributed by atoms with Crippen molar-refractivity contribution in [3.05, 3.63) is 0 Å². The normalized spacial score (nSPS) is 35.6. The highest BCUT2D eigenvalue weighted by Crippen LogP contribution is 2.18. The molecule has 4 heteroatoms. The minimum atomic E-state index is 0.391. The molecule has 2 heterocycles. The first-order chi connectivity index (χ1) is 7.31. The highest BCUT2D eigenvalue weighted by molar-refractivity contribution is 4.88. The van der Waals surface area contributed by atoms with Crippen LogP contribution in [-0.4, -0.2) is 75.4 Å². The minimum Gasteiger partial charge on any atom is -0.378 e. The minimum absolute atomic E-state index is 0.391. The quantitative estimate of drug-likeness (QED) is 0.676. The Labute approximate surface area is 92.6 Å². The Kier molecular flexibility index (Phi) is 3.97. The fourth-order valence-electron chi connectivity index (χ4n) is 2.72. The Bertz CT molecular complexity index is 192.